The molecule has 4 rings (SSSR count). The number of aromatic nitrogens is 2. The molecule has 2 aromatic rings. The van der Waals surface area contributed by atoms with Gasteiger partial charge < -0.3 is 14.2 Å². The van der Waals surface area contributed by atoms with Crippen molar-refractivity contribution in [3.05, 3.63) is 46.5 Å². The van der Waals surface area contributed by atoms with Gasteiger partial charge in [-0.1, -0.05) is 17.7 Å². The largest absolute Gasteiger partial charge is 0.378 e. The van der Waals surface area contributed by atoms with Gasteiger partial charge in [0.2, 0.25) is 0 Å². The Morgan fingerprint density at radius 3 is 2.96 bits per heavy atom. The van der Waals surface area contributed by atoms with Gasteiger partial charge >= 0.3 is 0 Å². The van der Waals surface area contributed by atoms with Crippen LogP contribution < -0.4 is 0 Å². The van der Waals surface area contributed by atoms with Crippen LogP contribution in [0.4, 0.5) is 0 Å². The number of aryl methyl sites for hydroxylation is 1. The summed E-state index contributed by atoms with van der Waals surface area (Å²) >= 11 is 6.32. The quantitative estimate of drug-likeness (QED) is 0.772. The molecule has 1 unspecified atom stereocenters. The molecule has 1 aromatic carbocycles. The number of fused-ring (bicyclic) bond motifs is 3. The van der Waals surface area contributed by atoms with Crippen molar-refractivity contribution in [2.24, 2.45) is 5.92 Å². The lowest BCUT2D eigenvalue weighted by molar-refractivity contribution is 0.0528. The summed E-state index contributed by atoms with van der Waals surface area (Å²) in [6.45, 7) is 3.53. The highest BCUT2D eigenvalue weighted by Crippen LogP contribution is 2.31. The topological polar surface area (TPSA) is 47.4 Å². The van der Waals surface area contributed by atoms with Crippen LogP contribution in [-0.2, 0) is 17.7 Å². The molecule has 26 heavy (non-hydrogen) atoms. The first-order valence-electron chi connectivity index (χ1n) is 9.25. The molecule has 1 saturated carbocycles. The van der Waals surface area contributed by atoms with Crippen molar-refractivity contribution in [1.82, 2.24) is 14.5 Å². The van der Waals surface area contributed by atoms with Crippen molar-refractivity contribution in [3.8, 4) is 5.69 Å². The Labute approximate surface area is 158 Å². The van der Waals surface area contributed by atoms with Gasteiger partial charge in [0.05, 0.1) is 46.6 Å². The van der Waals surface area contributed by atoms with Crippen LogP contribution in [0.3, 0.4) is 0 Å². The van der Waals surface area contributed by atoms with E-state index in [0.717, 1.165) is 42.4 Å². The molecule has 0 saturated heterocycles. The smallest absolute Gasteiger partial charge is 0.257 e. The third-order valence-corrected chi connectivity index (χ3v) is 5.57. The standard InChI is InChI=1S/C20H24ClN3O2/c1-13(26-11-14-7-8-14)6-9-16-18-10-23(2)20(25)19-15(21)4-3-5-17(19)24(18)12-22-16/h3-5,12-14H,6-11H2,1-2H3. The van der Waals surface area contributed by atoms with Crippen molar-refractivity contribution in [1.29, 1.82) is 0 Å². The predicted octanol–water partition coefficient (Wildman–Crippen LogP) is 3.86. The summed E-state index contributed by atoms with van der Waals surface area (Å²) in [5.41, 5.74) is 3.43. The first-order valence-corrected chi connectivity index (χ1v) is 9.63. The van der Waals surface area contributed by atoms with Gasteiger partial charge in [0.1, 0.15) is 0 Å². The van der Waals surface area contributed by atoms with E-state index in [1.807, 2.05) is 30.1 Å². The minimum Gasteiger partial charge on any atom is -0.378 e. The number of ether oxygens (including phenoxy) is 1. The maximum atomic E-state index is 12.7. The van der Waals surface area contributed by atoms with E-state index in [1.54, 1.807) is 11.0 Å². The zero-order valence-electron chi connectivity index (χ0n) is 15.2. The SMILES string of the molecule is CC(CCc1ncn2c1CN(C)C(=O)c1c(Cl)cccc1-2)OCC1CC1. The highest BCUT2D eigenvalue weighted by molar-refractivity contribution is 6.34. The third-order valence-electron chi connectivity index (χ3n) is 5.25. The Balaban J connectivity index is 1.57. The van der Waals surface area contributed by atoms with Crippen molar-refractivity contribution in [3.63, 3.8) is 0 Å². The number of carbonyl (C=O) groups excluding carboxylic acids is 1. The van der Waals surface area contributed by atoms with Gasteiger partial charge in [-0.05, 0) is 50.7 Å². The zero-order valence-corrected chi connectivity index (χ0v) is 16.0. The Kier molecular flexibility index (Phi) is 4.76. The van der Waals surface area contributed by atoms with E-state index in [2.05, 4.69) is 11.9 Å². The van der Waals surface area contributed by atoms with E-state index in [4.69, 9.17) is 16.3 Å². The molecule has 6 heteroatoms. The molecule has 0 radical (unpaired) electrons. The summed E-state index contributed by atoms with van der Waals surface area (Å²) in [6, 6.07) is 5.56. The van der Waals surface area contributed by atoms with Crippen LogP contribution in [0.1, 0.15) is 47.9 Å². The second-order valence-corrected chi connectivity index (χ2v) is 7.84. The number of halogens is 1. The number of imidazole rings is 1. The van der Waals surface area contributed by atoms with E-state index < -0.39 is 0 Å². The van der Waals surface area contributed by atoms with Crippen LogP contribution >= 0.6 is 11.6 Å². The van der Waals surface area contributed by atoms with Crippen molar-refractivity contribution in [2.45, 2.75) is 45.3 Å². The molecule has 0 bridgehead atoms. The fraction of sp³-hybridized carbons (Fsp3) is 0.500. The predicted molar refractivity (Wildman–Crippen MR) is 101 cm³/mol. The molecule has 1 atom stereocenters. The van der Waals surface area contributed by atoms with Gasteiger partial charge in [0.25, 0.3) is 5.91 Å². The number of hydrogen-bond donors (Lipinski definition) is 0. The van der Waals surface area contributed by atoms with Gasteiger partial charge in [-0.25, -0.2) is 4.98 Å². The monoisotopic (exact) mass is 373 g/mol. The lowest BCUT2D eigenvalue weighted by atomic mass is 10.1. The Bertz CT molecular complexity index is 828. The molecule has 1 fully saturated rings. The molecule has 2 heterocycles. The number of hydrogen-bond acceptors (Lipinski definition) is 3. The summed E-state index contributed by atoms with van der Waals surface area (Å²) in [5.74, 6) is 0.726. The number of nitrogens with zero attached hydrogens (tertiary/aromatic N) is 3. The molecule has 2 aliphatic rings. The number of rotatable bonds is 6. The second kappa shape index (κ2) is 7.05. The van der Waals surface area contributed by atoms with Crippen LogP contribution in [0, 0.1) is 5.92 Å². The number of amides is 1. The van der Waals surface area contributed by atoms with Crippen LogP contribution in [0.25, 0.3) is 5.69 Å². The van der Waals surface area contributed by atoms with Crippen LogP contribution in [-0.4, -0.2) is 40.1 Å². The van der Waals surface area contributed by atoms with Crippen LogP contribution in [0.15, 0.2) is 24.5 Å². The first kappa shape index (κ1) is 17.6. The number of benzene rings is 1. The summed E-state index contributed by atoms with van der Waals surface area (Å²) in [4.78, 5) is 19.1. The first-order chi connectivity index (χ1) is 12.5. The molecule has 0 N–H and O–H groups in total. The van der Waals surface area contributed by atoms with Crippen LogP contribution in [0.5, 0.6) is 0 Å². The lowest BCUT2D eigenvalue weighted by Crippen LogP contribution is -2.25. The van der Waals surface area contributed by atoms with Crippen LogP contribution in [0.2, 0.25) is 5.02 Å². The summed E-state index contributed by atoms with van der Waals surface area (Å²) in [5, 5.41) is 0.476. The summed E-state index contributed by atoms with van der Waals surface area (Å²) < 4.78 is 7.93. The average molecular weight is 374 g/mol. The fourth-order valence-electron chi connectivity index (χ4n) is 3.42. The highest BCUT2D eigenvalue weighted by atomic mass is 35.5. The highest BCUT2D eigenvalue weighted by Gasteiger charge is 2.28. The van der Waals surface area contributed by atoms with Gasteiger partial charge in [-0.2, -0.15) is 0 Å². The summed E-state index contributed by atoms with van der Waals surface area (Å²) in [7, 11) is 1.81. The molecular weight excluding hydrogens is 350 g/mol. The zero-order chi connectivity index (χ0) is 18.3. The molecule has 1 amide bonds. The molecule has 5 nitrogen and oxygen atoms in total. The van der Waals surface area contributed by atoms with Gasteiger partial charge in [-0.15, -0.1) is 0 Å². The minimum absolute atomic E-state index is 0.0543. The van der Waals surface area contributed by atoms with Gasteiger partial charge in [0.15, 0.2) is 0 Å². The molecular formula is C20H24ClN3O2. The van der Waals surface area contributed by atoms with Crippen molar-refractivity contribution >= 4 is 17.5 Å². The average Bonchev–Trinajstić information content (AvgIpc) is 3.39. The van der Waals surface area contributed by atoms with Gasteiger partial charge in [0, 0.05) is 13.7 Å². The maximum absolute atomic E-state index is 12.7. The van der Waals surface area contributed by atoms with E-state index in [0.29, 0.717) is 17.1 Å². The normalized spacial score (nSPS) is 17.7. The number of carbonyl (C=O) groups is 1. The van der Waals surface area contributed by atoms with E-state index in [9.17, 15) is 4.79 Å². The Morgan fingerprint density at radius 1 is 1.38 bits per heavy atom. The Morgan fingerprint density at radius 2 is 2.19 bits per heavy atom. The molecule has 1 aliphatic heterocycles. The minimum atomic E-state index is -0.0543. The third kappa shape index (κ3) is 3.38. The van der Waals surface area contributed by atoms with Crippen molar-refractivity contribution < 1.29 is 9.53 Å². The molecule has 0 spiro atoms. The van der Waals surface area contributed by atoms with Gasteiger partial charge in [-0.3, -0.25) is 4.79 Å². The molecule has 138 valence electrons. The second-order valence-electron chi connectivity index (χ2n) is 7.43. The van der Waals surface area contributed by atoms with E-state index in [1.165, 1.54) is 12.8 Å². The fourth-order valence-corrected chi connectivity index (χ4v) is 3.67. The van der Waals surface area contributed by atoms with E-state index >= 15 is 0 Å². The van der Waals surface area contributed by atoms with E-state index in [-0.39, 0.29) is 12.0 Å². The van der Waals surface area contributed by atoms with Crippen molar-refractivity contribution in [2.75, 3.05) is 13.7 Å². The lowest BCUT2D eigenvalue weighted by Gasteiger charge is -2.16. The molecule has 1 aliphatic carbocycles. The summed E-state index contributed by atoms with van der Waals surface area (Å²) in [6.07, 6.45) is 6.41. The molecule has 1 aromatic heterocycles. The maximum Gasteiger partial charge on any atom is 0.257 e. The Hall–Kier alpha value is -1.85.